The summed E-state index contributed by atoms with van der Waals surface area (Å²) in [5, 5.41) is 11.4. The minimum absolute atomic E-state index is 0.0655. The van der Waals surface area contributed by atoms with Crippen molar-refractivity contribution in [1.82, 2.24) is 0 Å². The third-order valence-electron chi connectivity index (χ3n) is 7.57. The van der Waals surface area contributed by atoms with E-state index in [4.69, 9.17) is 18.9 Å². The number of carbonyl (C=O) groups is 2. The fourth-order valence-corrected chi connectivity index (χ4v) is 6.27. The van der Waals surface area contributed by atoms with Gasteiger partial charge in [-0.2, -0.15) is 0 Å². The normalized spacial score (nSPS) is 57.1. The van der Waals surface area contributed by atoms with Crippen LogP contribution in [0.25, 0.3) is 0 Å². The number of rotatable bonds is 3. The van der Waals surface area contributed by atoms with E-state index in [1.165, 1.54) is 0 Å². The highest BCUT2D eigenvalue weighted by molar-refractivity contribution is 5.76. The molecule has 1 spiro atoms. The number of hydrogen-bond acceptors (Lipinski definition) is 7. The van der Waals surface area contributed by atoms with Gasteiger partial charge in [0.2, 0.25) is 0 Å². The summed E-state index contributed by atoms with van der Waals surface area (Å²) in [5.41, 5.74) is -2.45. The molecule has 10 atom stereocenters. The molecule has 5 aliphatic rings. The van der Waals surface area contributed by atoms with Gasteiger partial charge in [-0.05, 0) is 19.8 Å². The van der Waals surface area contributed by atoms with Crippen molar-refractivity contribution in [1.29, 1.82) is 0 Å². The molecule has 5 rings (SSSR count). The Hall–Kier alpha value is -1.18. The fraction of sp³-hybridized carbons (Fsp3) is 0.900. The molecule has 1 N–H and O–H groups in total. The first-order valence-corrected chi connectivity index (χ1v) is 10.0. The van der Waals surface area contributed by atoms with Gasteiger partial charge in [0.1, 0.15) is 35.6 Å². The van der Waals surface area contributed by atoms with Crippen molar-refractivity contribution in [2.75, 3.05) is 0 Å². The molecule has 0 bridgehead atoms. The minimum atomic E-state index is -1.19. The second-order valence-electron chi connectivity index (χ2n) is 9.90. The standard InChI is InChI=1S/C20H28O7/c1-8(2)6-11(21)24-10-7-18(4,23)20-14(13-12(10)9(3)17(22)25-13)19(5)15(26-19)16(20)27-20/h8-10,12-16,23H,6-7H2,1-5H3/t9-,10-,12+,13-,14-,15+,16-,18+,19-,20+/m0/s1. The van der Waals surface area contributed by atoms with Crippen LogP contribution in [-0.4, -0.2) is 58.3 Å². The number of hydrogen-bond donors (Lipinski definition) is 1. The van der Waals surface area contributed by atoms with Crippen LogP contribution in [0.3, 0.4) is 0 Å². The highest BCUT2D eigenvalue weighted by Crippen LogP contribution is 2.75. The molecule has 150 valence electrons. The third-order valence-corrected chi connectivity index (χ3v) is 7.57. The van der Waals surface area contributed by atoms with E-state index < -0.39 is 34.9 Å². The Labute approximate surface area is 158 Å². The van der Waals surface area contributed by atoms with E-state index >= 15 is 0 Å². The lowest BCUT2D eigenvalue weighted by Gasteiger charge is -2.36. The molecular formula is C20H28O7. The monoisotopic (exact) mass is 380 g/mol. The topological polar surface area (TPSA) is 97.9 Å². The molecule has 3 heterocycles. The summed E-state index contributed by atoms with van der Waals surface area (Å²) >= 11 is 0. The summed E-state index contributed by atoms with van der Waals surface area (Å²) in [6.07, 6.45) is -0.804. The van der Waals surface area contributed by atoms with Crippen molar-refractivity contribution < 1.29 is 33.6 Å². The smallest absolute Gasteiger partial charge is 0.309 e. The van der Waals surface area contributed by atoms with Gasteiger partial charge in [0, 0.05) is 18.8 Å². The first kappa shape index (κ1) is 17.9. The van der Waals surface area contributed by atoms with Gasteiger partial charge < -0.3 is 24.1 Å². The van der Waals surface area contributed by atoms with Crippen molar-refractivity contribution in [2.24, 2.45) is 23.7 Å². The van der Waals surface area contributed by atoms with E-state index in [1.807, 2.05) is 27.7 Å². The zero-order valence-corrected chi connectivity index (χ0v) is 16.4. The lowest BCUT2D eigenvalue weighted by atomic mass is 9.73. The lowest BCUT2D eigenvalue weighted by molar-refractivity contribution is -0.158. The molecule has 0 aromatic heterocycles. The van der Waals surface area contributed by atoms with Crippen LogP contribution in [0.15, 0.2) is 0 Å². The summed E-state index contributed by atoms with van der Waals surface area (Å²) in [7, 11) is 0. The van der Waals surface area contributed by atoms with Gasteiger partial charge in [-0.15, -0.1) is 0 Å². The van der Waals surface area contributed by atoms with Crippen LogP contribution in [0, 0.1) is 23.7 Å². The van der Waals surface area contributed by atoms with Crippen molar-refractivity contribution in [2.45, 2.75) is 88.7 Å². The molecule has 3 aliphatic heterocycles. The first-order valence-electron chi connectivity index (χ1n) is 10.0. The summed E-state index contributed by atoms with van der Waals surface area (Å²) in [4.78, 5) is 24.9. The average Bonchev–Trinajstić information content (AvgIpc) is 3.37. The van der Waals surface area contributed by atoms with Gasteiger partial charge in [0.25, 0.3) is 0 Å². The quantitative estimate of drug-likeness (QED) is 0.580. The van der Waals surface area contributed by atoms with Crippen molar-refractivity contribution in [3.05, 3.63) is 0 Å². The molecule has 3 saturated heterocycles. The number of aliphatic hydroxyl groups is 1. The van der Waals surface area contributed by atoms with Crippen LogP contribution < -0.4 is 0 Å². The van der Waals surface area contributed by atoms with Gasteiger partial charge in [0.15, 0.2) is 0 Å². The molecule has 7 heteroatoms. The van der Waals surface area contributed by atoms with Gasteiger partial charge >= 0.3 is 11.9 Å². The van der Waals surface area contributed by atoms with Crippen molar-refractivity contribution >= 4 is 11.9 Å². The molecule has 2 aliphatic carbocycles. The molecule has 0 aromatic carbocycles. The number of ether oxygens (including phenoxy) is 4. The number of fused-ring (bicyclic) bond motifs is 5. The summed E-state index contributed by atoms with van der Waals surface area (Å²) < 4.78 is 23.6. The predicted octanol–water partition coefficient (Wildman–Crippen LogP) is 1.20. The van der Waals surface area contributed by atoms with Crippen LogP contribution in [-0.2, 0) is 28.5 Å². The summed E-state index contributed by atoms with van der Waals surface area (Å²) in [5.74, 6) is -1.39. The van der Waals surface area contributed by atoms with Gasteiger partial charge in [-0.1, -0.05) is 20.8 Å². The van der Waals surface area contributed by atoms with Crippen molar-refractivity contribution in [3.8, 4) is 0 Å². The highest BCUT2D eigenvalue weighted by Gasteiger charge is 2.93. The molecule has 0 aromatic rings. The van der Waals surface area contributed by atoms with Gasteiger partial charge in [-0.3, -0.25) is 9.59 Å². The number of epoxide rings is 2. The Morgan fingerprint density at radius 2 is 2.00 bits per heavy atom. The fourth-order valence-electron chi connectivity index (χ4n) is 6.27. The van der Waals surface area contributed by atoms with E-state index in [1.54, 1.807) is 6.92 Å². The van der Waals surface area contributed by atoms with Gasteiger partial charge in [0.05, 0.1) is 17.4 Å². The molecule has 2 saturated carbocycles. The molecule has 0 unspecified atom stereocenters. The van der Waals surface area contributed by atoms with Crippen LogP contribution in [0.2, 0.25) is 0 Å². The number of carbonyl (C=O) groups excluding carboxylic acids is 2. The Kier molecular flexibility index (Phi) is 3.34. The lowest BCUT2D eigenvalue weighted by Crippen LogP contribution is -2.53. The van der Waals surface area contributed by atoms with Crippen LogP contribution in [0.4, 0.5) is 0 Å². The average molecular weight is 380 g/mol. The van der Waals surface area contributed by atoms with E-state index in [9.17, 15) is 14.7 Å². The summed E-state index contributed by atoms with van der Waals surface area (Å²) in [6.45, 7) is 9.49. The van der Waals surface area contributed by atoms with Gasteiger partial charge in [-0.25, -0.2) is 0 Å². The molecule has 0 radical (unpaired) electrons. The summed E-state index contributed by atoms with van der Waals surface area (Å²) in [6, 6.07) is 0. The minimum Gasteiger partial charge on any atom is -0.462 e. The van der Waals surface area contributed by atoms with E-state index in [0.29, 0.717) is 6.42 Å². The van der Waals surface area contributed by atoms with E-state index in [0.717, 1.165) is 0 Å². The Balaban J connectivity index is 1.54. The molecule has 27 heavy (non-hydrogen) atoms. The highest BCUT2D eigenvalue weighted by atomic mass is 16.7. The van der Waals surface area contributed by atoms with E-state index in [2.05, 4.69) is 0 Å². The van der Waals surface area contributed by atoms with Crippen molar-refractivity contribution in [3.63, 3.8) is 0 Å². The second kappa shape index (κ2) is 5.05. The maximum Gasteiger partial charge on any atom is 0.309 e. The SMILES string of the molecule is CC(C)CC(=O)O[C@H]1C[C@@](C)(O)[C@]23O[C@H]2[C@H]2O[C@@]2(C)[C@@H]3[C@H]2OC(=O)[C@@H](C)[C@@H]21. The zero-order chi connectivity index (χ0) is 19.5. The van der Waals surface area contributed by atoms with Crippen LogP contribution in [0.5, 0.6) is 0 Å². The predicted molar refractivity (Wildman–Crippen MR) is 91.5 cm³/mol. The maximum absolute atomic E-state index is 12.4. The molecule has 7 nitrogen and oxygen atoms in total. The third kappa shape index (κ3) is 2.08. The Bertz CT molecular complexity index is 717. The number of esters is 2. The van der Waals surface area contributed by atoms with E-state index in [-0.39, 0.29) is 48.3 Å². The zero-order valence-electron chi connectivity index (χ0n) is 16.4. The van der Waals surface area contributed by atoms with Crippen LogP contribution in [0.1, 0.15) is 47.5 Å². The van der Waals surface area contributed by atoms with Crippen LogP contribution >= 0.6 is 0 Å². The Morgan fingerprint density at radius 1 is 1.30 bits per heavy atom. The molecule has 0 amide bonds. The first-order chi connectivity index (χ1) is 12.5. The largest absolute Gasteiger partial charge is 0.462 e. The molecular weight excluding hydrogens is 352 g/mol. The molecule has 5 fully saturated rings. The Morgan fingerprint density at radius 3 is 2.67 bits per heavy atom. The second-order valence-corrected chi connectivity index (χ2v) is 9.90. The maximum atomic E-state index is 12.4.